The molecule has 2 aromatic rings. The SMILES string of the molecule is COC(=O)/C(=C/c1ccccc1)NC(=O)CNS(=O)(=O)c1ccc(C)cc1. The van der Waals surface area contributed by atoms with E-state index in [1.54, 1.807) is 36.4 Å². The third-order valence-electron chi connectivity index (χ3n) is 3.54. The zero-order valence-corrected chi connectivity index (χ0v) is 15.7. The number of aryl methyl sites for hydroxylation is 1. The Labute approximate surface area is 158 Å². The average Bonchev–Trinajstić information content (AvgIpc) is 2.66. The monoisotopic (exact) mass is 388 g/mol. The molecule has 0 aliphatic heterocycles. The predicted molar refractivity (Wildman–Crippen MR) is 101 cm³/mol. The Morgan fingerprint density at radius 1 is 1.04 bits per heavy atom. The fourth-order valence-electron chi connectivity index (χ4n) is 2.13. The summed E-state index contributed by atoms with van der Waals surface area (Å²) < 4.78 is 31.3. The normalized spacial score (nSPS) is 11.7. The van der Waals surface area contributed by atoms with Gasteiger partial charge in [0.05, 0.1) is 18.6 Å². The van der Waals surface area contributed by atoms with Crippen molar-refractivity contribution in [3.05, 3.63) is 71.4 Å². The van der Waals surface area contributed by atoms with E-state index in [0.29, 0.717) is 5.56 Å². The molecule has 2 rings (SSSR count). The van der Waals surface area contributed by atoms with E-state index in [1.807, 2.05) is 13.0 Å². The predicted octanol–water partition coefficient (Wildman–Crippen LogP) is 1.60. The number of hydrogen-bond acceptors (Lipinski definition) is 5. The Balaban J connectivity index is 2.06. The van der Waals surface area contributed by atoms with Gasteiger partial charge in [0.15, 0.2) is 0 Å². The van der Waals surface area contributed by atoms with Crippen molar-refractivity contribution >= 4 is 28.0 Å². The van der Waals surface area contributed by atoms with E-state index in [4.69, 9.17) is 0 Å². The number of carbonyl (C=O) groups excluding carboxylic acids is 2. The molecule has 0 unspecified atom stereocenters. The van der Waals surface area contributed by atoms with Gasteiger partial charge in [-0.3, -0.25) is 4.79 Å². The number of ether oxygens (including phenoxy) is 1. The summed E-state index contributed by atoms with van der Waals surface area (Å²) in [6.07, 6.45) is 1.44. The van der Waals surface area contributed by atoms with Gasteiger partial charge in [0.2, 0.25) is 15.9 Å². The minimum absolute atomic E-state index is 0.0499. The topological polar surface area (TPSA) is 102 Å². The van der Waals surface area contributed by atoms with Crippen LogP contribution in [-0.4, -0.2) is 33.9 Å². The molecule has 2 N–H and O–H groups in total. The first kappa shape index (κ1) is 20.3. The summed E-state index contributed by atoms with van der Waals surface area (Å²) >= 11 is 0. The molecule has 0 bridgehead atoms. The van der Waals surface area contributed by atoms with Gasteiger partial charge in [0, 0.05) is 0 Å². The molecule has 7 nitrogen and oxygen atoms in total. The van der Waals surface area contributed by atoms with E-state index in [0.717, 1.165) is 5.56 Å². The number of benzene rings is 2. The Morgan fingerprint density at radius 2 is 1.67 bits per heavy atom. The van der Waals surface area contributed by atoms with Crippen molar-refractivity contribution in [3.63, 3.8) is 0 Å². The lowest BCUT2D eigenvalue weighted by Gasteiger charge is -2.10. The maximum absolute atomic E-state index is 12.2. The van der Waals surface area contributed by atoms with Crippen molar-refractivity contribution in [1.82, 2.24) is 10.0 Å². The minimum atomic E-state index is -3.84. The molecule has 2 aromatic carbocycles. The molecular weight excluding hydrogens is 368 g/mol. The smallest absolute Gasteiger partial charge is 0.354 e. The zero-order valence-electron chi connectivity index (χ0n) is 14.9. The first-order chi connectivity index (χ1) is 12.8. The van der Waals surface area contributed by atoms with E-state index in [-0.39, 0.29) is 10.6 Å². The summed E-state index contributed by atoms with van der Waals surface area (Å²) in [4.78, 5) is 24.0. The highest BCUT2D eigenvalue weighted by atomic mass is 32.2. The lowest BCUT2D eigenvalue weighted by atomic mass is 10.2. The first-order valence-electron chi connectivity index (χ1n) is 8.03. The lowest BCUT2D eigenvalue weighted by Crippen LogP contribution is -2.38. The van der Waals surface area contributed by atoms with Crippen LogP contribution in [0, 0.1) is 6.92 Å². The first-order valence-corrected chi connectivity index (χ1v) is 9.51. The van der Waals surface area contributed by atoms with Crippen LogP contribution < -0.4 is 10.0 Å². The van der Waals surface area contributed by atoms with E-state index in [2.05, 4.69) is 14.8 Å². The Hall–Kier alpha value is -2.97. The molecule has 1 amide bonds. The van der Waals surface area contributed by atoms with Crippen molar-refractivity contribution in [3.8, 4) is 0 Å². The molecule has 8 heteroatoms. The van der Waals surface area contributed by atoms with Gasteiger partial charge in [-0.2, -0.15) is 0 Å². The molecule has 0 spiro atoms. The van der Waals surface area contributed by atoms with Crippen LogP contribution in [0.15, 0.2) is 65.2 Å². The van der Waals surface area contributed by atoms with Crippen molar-refractivity contribution in [2.75, 3.05) is 13.7 Å². The third kappa shape index (κ3) is 6.05. The molecule has 0 aromatic heterocycles. The van der Waals surface area contributed by atoms with Crippen LogP contribution in [0.25, 0.3) is 6.08 Å². The molecular formula is C19H20N2O5S. The summed E-state index contributed by atoms with van der Waals surface area (Å²) in [6, 6.07) is 15.1. The quantitative estimate of drug-likeness (QED) is 0.554. The molecule has 0 fully saturated rings. The molecule has 0 atom stereocenters. The Bertz CT molecular complexity index is 936. The van der Waals surface area contributed by atoms with Crippen LogP contribution in [0.5, 0.6) is 0 Å². The fraction of sp³-hybridized carbons (Fsp3) is 0.158. The van der Waals surface area contributed by atoms with Crippen LogP contribution in [0.2, 0.25) is 0 Å². The number of amides is 1. The van der Waals surface area contributed by atoms with Crippen LogP contribution in [-0.2, 0) is 24.3 Å². The van der Waals surface area contributed by atoms with E-state index < -0.39 is 28.4 Å². The van der Waals surface area contributed by atoms with Crippen molar-refractivity contribution in [1.29, 1.82) is 0 Å². The second-order valence-corrected chi connectivity index (χ2v) is 7.41. The highest BCUT2D eigenvalue weighted by Gasteiger charge is 2.18. The highest BCUT2D eigenvalue weighted by molar-refractivity contribution is 7.89. The standard InChI is InChI=1S/C19H20N2O5S/c1-14-8-10-16(11-9-14)27(24,25)20-13-18(22)21-17(19(23)26-2)12-15-6-4-3-5-7-15/h3-12,20H,13H2,1-2H3,(H,21,22)/b17-12-. The van der Waals surface area contributed by atoms with Crippen LogP contribution in [0.3, 0.4) is 0 Å². The molecule has 0 saturated carbocycles. The second-order valence-electron chi connectivity index (χ2n) is 5.65. The molecule has 0 heterocycles. The number of esters is 1. The zero-order chi connectivity index (χ0) is 19.9. The molecule has 0 aliphatic carbocycles. The van der Waals surface area contributed by atoms with E-state index in [1.165, 1.54) is 25.3 Å². The van der Waals surface area contributed by atoms with Gasteiger partial charge >= 0.3 is 5.97 Å². The fourth-order valence-corrected chi connectivity index (χ4v) is 3.11. The minimum Gasteiger partial charge on any atom is -0.464 e. The number of hydrogen-bond donors (Lipinski definition) is 2. The van der Waals surface area contributed by atoms with Crippen LogP contribution in [0.4, 0.5) is 0 Å². The van der Waals surface area contributed by atoms with Gasteiger partial charge < -0.3 is 10.1 Å². The molecule has 0 aliphatic rings. The summed E-state index contributed by atoms with van der Waals surface area (Å²) in [7, 11) is -2.65. The number of nitrogens with one attached hydrogen (secondary N) is 2. The van der Waals surface area contributed by atoms with Gasteiger partial charge in [-0.25, -0.2) is 17.9 Å². The van der Waals surface area contributed by atoms with Gasteiger partial charge in [-0.1, -0.05) is 48.0 Å². The van der Waals surface area contributed by atoms with Crippen molar-refractivity contribution in [2.24, 2.45) is 0 Å². The van der Waals surface area contributed by atoms with Gasteiger partial charge in [-0.15, -0.1) is 0 Å². The summed E-state index contributed by atoms with van der Waals surface area (Å²) in [5.74, 6) is -1.44. The highest BCUT2D eigenvalue weighted by Crippen LogP contribution is 2.10. The molecule has 142 valence electrons. The van der Waals surface area contributed by atoms with Crippen LogP contribution >= 0.6 is 0 Å². The summed E-state index contributed by atoms with van der Waals surface area (Å²) in [5, 5.41) is 2.37. The number of carbonyl (C=O) groups is 2. The van der Waals surface area contributed by atoms with Gasteiger partial charge in [0.25, 0.3) is 0 Å². The molecule has 0 radical (unpaired) electrons. The Kier molecular flexibility index (Phi) is 6.86. The Morgan fingerprint density at radius 3 is 2.26 bits per heavy atom. The van der Waals surface area contributed by atoms with Gasteiger partial charge in [-0.05, 0) is 30.7 Å². The van der Waals surface area contributed by atoms with Crippen molar-refractivity contribution in [2.45, 2.75) is 11.8 Å². The summed E-state index contributed by atoms with van der Waals surface area (Å²) in [6.45, 7) is 1.31. The maximum Gasteiger partial charge on any atom is 0.354 e. The average molecular weight is 388 g/mol. The van der Waals surface area contributed by atoms with E-state index >= 15 is 0 Å². The molecule has 0 saturated heterocycles. The second kappa shape index (κ2) is 9.11. The molecule has 27 heavy (non-hydrogen) atoms. The summed E-state index contributed by atoms with van der Waals surface area (Å²) in [5.41, 5.74) is 1.50. The lowest BCUT2D eigenvalue weighted by molar-refractivity contribution is -0.137. The number of sulfonamides is 1. The van der Waals surface area contributed by atoms with Crippen LogP contribution in [0.1, 0.15) is 11.1 Å². The number of rotatable bonds is 7. The maximum atomic E-state index is 12.2. The third-order valence-corrected chi connectivity index (χ3v) is 4.96. The van der Waals surface area contributed by atoms with E-state index in [9.17, 15) is 18.0 Å². The van der Waals surface area contributed by atoms with Crippen molar-refractivity contribution < 1.29 is 22.7 Å². The number of methoxy groups -OCH3 is 1. The largest absolute Gasteiger partial charge is 0.464 e. The van der Waals surface area contributed by atoms with Gasteiger partial charge in [0.1, 0.15) is 5.70 Å².